The van der Waals surface area contributed by atoms with Gasteiger partial charge in [0.1, 0.15) is 17.1 Å². The smallest absolute Gasteiger partial charge is 0.110 e. The van der Waals surface area contributed by atoms with Crippen molar-refractivity contribution in [2.75, 3.05) is 31.1 Å². The van der Waals surface area contributed by atoms with Gasteiger partial charge in [-0.1, -0.05) is 18.2 Å². The quantitative estimate of drug-likeness (QED) is 0.339. The first-order chi connectivity index (χ1) is 18.6. The van der Waals surface area contributed by atoms with E-state index in [9.17, 15) is 5.26 Å². The third-order valence-corrected chi connectivity index (χ3v) is 7.03. The van der Waals surface area contributed by atoms with Crippen LogP contribution in [0.25, 0.3) is 28.0 Å². The molecule has 1 aliphatic rings. The molecule has 4 aromatic heterocycles. The maximum atomic E-state index is 9.72. The number of rotatable bonds is 6. The summed E-state index contributed by atoms with van der Waals surface area (Å²) >= 11 is 0. The second-order valence-corrected chi connectivity index (χ2v) is 9.87. The van der Waals surface area contributed by atoms with E-state index in [1.807, 2.05) is 41.6 Å². The third kappa shape index (κ3) is 4.62. The molecule has 0 radical (unpaired) electrons. The Labute approximate surface area is 221 Å². The lowest BCUT2D eigenvalue weighted by Crippen LogP contribution is -2.46. The molecule has 0 aliphatic carbocycles. The van der Waals surface area contributed by atoms with Crippen LogP contribution in [0.15, 0.2) is 73.4 Å². The molecule has 1 fully saturated rings. The van der Waals surface area contributed by atoms with Crippen molar-refractivity contribution in [3.05, 3.63) is 84.7 Å². The average molecular weight is 504 g/mol. The van der Waals surface area contributed by atoms with Gasteiger partial charge in [-0.05, 0) is 38.1 Å². The van der Waals surface area contributed by atoms with Gasteiger partial charge in [0.15, 0.2) is 0 Å². The zero-order valence-electron chi connectivity index (χ0n) is 21.6. The number of piperazine rings is 1. The molecular weight excluding hydrogens is 474 g/mol. The van der Waals surface area contributed by atoms with Crippen LogP contribution in [0.2, 0.25) is 0 Å². The molecule has 9 nitrogen and oxygen atoms in total. The van der Waals surface area contributed by atoms with E-state index in [1.54, 1.807) is 10.7 Å². The second kappa shape index (κ2) is 10.1. The van der Waals surface area contributed by atoms with E-state index in [-0.39, 0.29) is 6.04 Å². The number of aromatic nitrogens is 6. The van der Waals surface area contributed by atoms with Crippen LogP contribution in [0.3, 0.4) is 0 Å². The molecule has 9 heteroatoms. The molecule has 0 spiro atoms. The molecule has 1 aliphatic heterocycles. The van der Waals surface area contributed by atoms with E-state index >= 15 is 0 Å². The van der Waals surface area contributed by atoms with Crippen molar-refractivity contribution in [2.45, 2.75) is 26.4 Å². The molecule has 0 unspecified atom stereocenters. The van der Waals surface area contributed by atoms with Crippen LogP contribution in [-0.2, 0) is 6.54 Å². The largest absolute Gasteiger partial charge is 0.369 e. The number of fused-ring (bicyclic) bond motifs is 1. The van der Waals surface area contributed by atoms with Crippen LogP contribution < -0.4 is 4.90 Å². The van der Waals surface area contributed by atoms with Gasteiger partial charge in [0.05, 0.1) is 35.7 Å². The third-order valence-electron chi connectivity index (χ3n) is 7.03. The highest BCUT2D eigenvalue weighted by Gasteiger charge is 2.19. The molecule has 6 rings (SSSR count). The van der Waals surface area contributed by atoms with Crippen LogP contribution in [-0.4, -0.2) is 60.4 Å². The SMILES string of the molecule is CC(C)n1cc(-c2cn3ncc(C#N)c3c(-c3ccc(N4CCN(Cc5ccccn5)CC4)cc3)n2)cn1. The van der Waals surface area contributed by atoms with Crippen LogP contribution in [0.1, 0.15) is 31.1 Å². The number of nitriles is 1. The molecular formula is C29H29N9. The lowest BCUT2D eigenvalue weighted by molar-refractivity contribution is 0.247. The average Bonchev–Trinajstić information content (AvgIpc) is 3.62. The van der Waals surface area contributed by atoms with Crippen LogP contribution in [0.4, 0.5) is 5.69 Å². The molecule has 1 aromatic carbocycles. The molecule has 0 N–H and O–H groups in total. The van der Waals surface area contributed by atoms with Crippen molar-refractivity contribution in [1.29, 1.82) is 5.26 Å². The number of hydrogen-bond donors (Lipinski definition) is 0. The molecule has 5 aromatic rings. The van der Waals surface area contributed by atoms with Crippen LogP contribution >= 0.6 is 0 Å². The van der Waals surface area contributed by atoms with Crippen molar-refractivity contribution < 1.29 is 0 Å². The predicted octanol–water partition coefficient (Wildman–Crippen LogP) is 4.43. The fraction of sp³-hybridized carbons (Fsp3) is 0.276. The van der Waals surface area contributed by atoms with Gasteiger partial charge in [-0.15, -0.1) is 0 Å². The fourth-order valence-corrected chi connectivity index (χ4v) is 4.90. The van der Waals surface area contributed by atoms with E-state index in [1.165, 1.54) is 5.69 Å². The molecule has 1 saturated heterocycles. The molecule has 0 bridgehead atoms. The van der Waals surface area contributed by atoms with E-state index < -0.39 is 0 Å². The zero-order chi connectivity index (χ0) is 26.1. The van der Waals surface area contributed by atoms with Crippen molar-refractivity contribution >= 4 is 11.2 Å². The van der Waals surface area contributed by atoms with Gasteiger partial charge in [-0.2, -0.15) is 15.5 Å². The lowest BCUT2D eigenvalue weighted by Gasteiger charge is -2.36. The van der Waals surface area contributed by atoms with Crippen molar-refractivity contribution in [2.24, 2.45) is 0 Å². The minimum Gasteiger partial charge on any atom is -0.369 e. The van der Waals surface area contributed by atoms with Gasteiger partial charge in [-0.3, -0.25) is 14.6 Å². The number of benzene rings is 1. The van der Waals surface area contributed by atoms with Gasteiger partial charge >= 0.3 is 0 Å². The summed E-state index contributed by atoms with van der Waals surface area (Å²) in [5, 5.41) is 18.6. The molecule has 0 amide bonds. The van der Waals surface area contributed by atoms with Crippen LogP contribution in [0, 0.1) is 11.3 Å². The van der Waals surface area contributed by atoms with E-state index in [0.717, 1.165) is 60.9 Å². The van der Waals surface area contributed by atoms with Crippen molar-refractivity contribution in [3.63, 3.8) is 0 Å². The van der Waals surface area contributed by atoms with E-state index in [2.05, 4.69) is 75.2 Å². The summed E-state index contributed by atoms with van der Waals surface area (Å²) in [5.41, 5.74) is 6.87. The minimum atomic E-state index is 0.256. The summed E-state index contributed by atoms with van der Waals surface area (Å²) in [6.45, 7) is 8.98. The van der Waals surface area contributed by atoms with Gasteiger partial charge < -0.3 is 4.90 Å². The highest BCUT2D eigenvalue weighted by Crippen LogP contribution is 2.30. The fourth-order valence-electron chi connectivity index (χ4n) is 4.90. The zero-order valence-corrected chi connectivity index (χ0v) is 21.6. The molecule has 0 saturated carbocycles. The number of nitrogens with zero attached hydrogens (tertiary/aromatic N) is 9. The molecule has 190 valence electrons. The summed E-state index contributed by atoms with van der Waals surface area (Å²) in [5.74, 6) is 0. The van der Waals surface area contributed by atoms with Gasteiger partial charge in [0.25, 0.3) is 0 Å². The summed E-state index contributed by atoms with van der Waals surface area (Å²) in [4.78, 5) is 14.3. The first-order valence-electron chi connectivity index (χ1n) is 12.9. The second-order valence-electron chi connectivity index (χ2n) is 9.87. The normalized spacial score (nSPS) is 14.3. The molecule has 38 heavy (non-hydrogen) atoms. The Kier molecular flexibility index (Phi) is 6.32. The number of pyridine rings is 1. The first-order valence-corrected chi connectivity index (χ1v) is 12.9. The van der Waals surface area contributed by atoms with Crippen molar-refractivity contribution in [3.8, 4) is 28.6 Å². The van der Waals surface area contributed by atoms with Gasteiger partial charge in [0, 0.05) is 68.0 Å². The Hall–Kier alpha value is -4.55. The Morgan fingerprint density at radius 2 is 1.74 bits per heavy atom. The lowest BCUT2D eigenvalue weighted by atomic mass is 10.1. The topological polar surface area (TPSA) is 91.2 Å². The maximum absolute atomic E-state index is 9.72. The standard InChI is InChI=1S/C29H29N9/c1-21(2)37-18-24(17-32-37)27-20-38-29(23(15-30)16-33-38)28(34-27)22-6-8-26(9-7-22)36-13-11-35(12-14-36)19-25-5-3-4-10-31-25/h3-10,16-18,20-21H,11-14,19H2,1-2H3. The molecule has 5 heterocycles. The van der Waals surface area contributed by atoms with Crippen molar-refractivity contribution in [1.82, 2.24) is 34.3 Å². The number of hydrogen-bond acceptors (Lipinski definition) is 7. The maximum Gasteiger partial charge on any atom is 0.110 e. The summed E-state index contributed by atoms with van der Waals surface area (Å²) in [6.07, 6.45) is 9.13. The van der Waals surface area contributed by atoms with E-state index in [0.29, 0.717) is 11.1 Å². The summed E-state index contributed by atoms with van der Waals surface area (Å²) in [6, 6.07) is 17.1. The highest BCUT2D eigenvalue weighted by atomic mass is 15.3. The predicted molar refractivity (Wildman–Crippen MR) is 146 cm³/mol. The van der Waals surface area contributed by atoms with Gasteiger partial charge in [-0.25, -0.2) is 9.50 Å². The Bertz CT molecular complexity index is 1590. The highest BCUT2D eigenvalue weighted by molar-refractivity contribution is 5.83. The summed E-state index contributed by atoms with van der Waals surface area (Å²) in [7, 11) is 0. The Morgan fingerprint density at radius 3 is 2.42 bits per heavy atom. The molecule has 0 atom stereocenters. The number of anilines is 1. The summed E-state index contributed by atoms with van der Waals surface area (Å²) < 4.78 is 3.66. The Balaban J connectivity index is 1.25. The monoisotopic (exact) mass is 503 g/mol. The first kappa shape index (κ1) is 23.8. The Morgan fingerprint density at radius 1 is 0.921 bits per heavy atom. The van der Waals surface area contributed by atoms with Gasteiger partial charge in [0.2, 0.25) is 0 Å². The minimum absolute atomic E-state index is 0.256. The van der Waals surface area contributed by atoms with E-state index in [4.69, 9.17) is 4.98 Å². The van der Waals surface area contributed by atoms with Crippen LogP contribution in [0.5, 0.6) is 0 Å².